The van der Waals surface area contributed by atoms with Gasteiger partial charge < -0.3 is 18.9 Å². The minimum absolute atomic E-state index is 0.0549. The molecule has 0 aromatic heterocycles. The quantitative estimate of drug-likeness (QED) is 0.562. The number of rotatable bonds is 4. The molecule has 0 amide bonds. The lowest BCUT2D eigenvalue weighted by Gasteiger charge is -2.67. The highest BCUT2D eigenvalue weighted by Gasteiger charge is 2.85. The van der Waals surface area contributed by atoms with Gasteiger partial charge in [-0.2, -0.15) is 0 Å². The molecule has 0 radical (unpaired) electrons. The van der Waals surface area contributed by atoms with Crippen molar-refractivity contribution in [3.63, 3.8) is 0 Å². The molecule has 5 atom stereocenters. The Morgan fingerprint density at radius 1 is 1.09 bits per heavy atom. The highest BCUT2D eigenvalue weighted by molar-refractivity contribution is 5.68. The van der Waals surface area contributed by atoms with Crippen LogP contribution in [0, 0.1) is 11.3 Å². The van der Waals surface area contributed by atoms with Gasteiger partial charge in [-0.25, -0.2) is 0 Å². The van der Waals surface area contributed by atoms with Crippen LogP contribution in [-0.2, 0) is 33.3 Å². The molecule has 0 spiro atoms. The van der Waals surface area contributed by atoms with Crippen LogP contribution in [0.4, 0.5) is 0 Å². The Bertz CT molecular complexity index is 573. The van der Waals surface area contributed by atoms with Crippen molar-refractivity contribution >= 4 is 17.9 Å². The second-order valence-electron chi connectivity index (χ2n) is 7.04. The van der Waals surface area contributed by atoms with Gasteiger partial charge in [0.25, 0.3) is 0 Å². The fourth-order valence-corrected chi connectivity index (χ4v) is 4.81. The van der Waals surface area contributed by atoms with E-state index in [-0.39, 0.29) is 24.6 Å². The van der Waals surface area contributed by atoms with Crippen LogP contribution in [0.25, 0.3) is 0 Å². The predicted octanol–water partition coefficient (Wildman–Crippen LogP) is 0.982. The summed E-state index contributed by atoms with van der Waals surface area (Å²) in [6.07, 6.45) is 0.683. The fraction of sp³-hybridized carbons (Fsp3) is 0.812. The zero-order chi connectivity index (χ0) is 17.0. The van der Waals surface area contributed by atoms with E-state index in [1.807, 2.05) is 6.92 Å². The van der Waals surface area contributed by atoms with Crippen LogP contribution in [0.1, 0.15) is 40.5 Å². The van der Waals surface area contributed by atoms with Crippen molar-refractivity contribution < 1.29 is 33.3 Å². The normalized spacial score (nSPS) is 43.3. The summed E-state index contributed by atoms with van der Waals surface area (Å²) in [6.45, 7) is 6.35. The molecule has 23 heavy (non-hydrogen) atoms. The predicted molar refractivity (Wildman–Crippen MR) is 76.2 cm³/mol. The molecular weight excluding hydrogens is 304 g/mol. The first kappa shape index (κ1) is 16.2. The topological polar surface area (TPSA) is 88.1 Å². The minimum atomic E-state index is -0.831. The Morgan fingerprint density at radius 2 is 1.78 bits per heavy atom. The molecule has 0 unspecified atom stereocenters. The van der Waals surface area contributed by atoms with Gasteiger partial charge in [0.05, 0.1) is 12.0 Å². The van der Waals surface area contributed by atoms with Gasteiger partial charge in [0.1, 0.15) is 18.3 Å². The summed E-state index contributed by atoms with van der Waals surface area (Å²) >= 11 is 0. The van der Waals surface area contributed by atoms with Crippen LogP contribution in [0.15, 0.2) is 0 Å². The first-order valence-corrected chi connectivity index (χ1v) is 7.80. The number of carbonyl (C=O) groups is 3. The largest absolute Gasteiger partial charge is 0.465 e. The number of carbonyl (C=O) groups excluding carboxylic acids is 3. The molecule has 4 aliphatic rings. The number of esters is 3. The van der Waals surface area contributed by atoms with Gasteiger partial charge >= 0.3 is 17.9 Å². The fourth-order valence-electron chi connectivity index (χ4n) is 4.81. The summed E-state index contributed by atoms with van der Waals surface area (Å²) < 4.78 is 22.5. The van der Waals surface area contributed by atoms with Gasteiger partial charge in [-0.15, -0.1) is 0 Å². The third kappa shape index (κ3) is 2.02. The smallest absolute Gasteiger partial charge is 0.303 e. The van der Waals surface area contributed by atoms with Gasteiger partial charge in [-0.3, -0.25) is 14.4 Å². The van der Waals surface area contributed by atoms with E-state index in [9.17, 15) is 14.4 Å². The van der Waals surface area contributed by atoms with Gasteiger partial charge in [0, 0.05) is 33.1 Å². The molecule has 0 aromatic carbocycles. The molecule has 1 aliphatic heterocycles. The second kappa shape index (κ2) is 4.93. The molecule has 3 aliphatic carbocycles. The molecule has 3 saturated carbocycles. The molecule has 0 N–H and O–H groups in total. The van der Waals surface area contributed by atoms with E-state index in [1.165, 1.54) is 20.8 Å². The van der Waals surface area contributed by atoms with E-state index in [0.717, 1.165) is 0 Å². The number of hydrogen-bond acceptors (Lipinski definition) is 7. The van der Waals surface area contributed by atoms with E-state index in [0.29, 0.717) is 19.4 Å². The van der Waals surface area contributed by atoms with Crippen LogP contribution >= 0.6 is 0 Å². The monoisotopic (exact) mass is 326 g/mol. The SMILES string of the molecule is CC(=O)OC[C@]12CO[C@@]3(C)C[C@@H](OC(C)=O)[C@@H]1C[C@@]23OC(C)=O. The summed E-state index contributed by atoms with van der Waals surface area (Å²) in [7, 11) is 0. The molecule has 7 heteroatoms. The van der Waals surface area contributed by atoms with E-state index >= 15 is 0 Å². The van der Waals surface area contributed by atoms with Gasteiger partial charge in [0.15, 0.2) is 5.60 Å². The lowest BCUT2D eigenvalue weighted by molar-refractivity contribution is -0.304. The number of fused-ring (bicyclic) bond motifs is 1. The first-order chi connectivity index (χ1) is 10.7. The van der Waals surface area contributed by atoms with Crippen molar-refractivity contribution in [2.45, 2.75) is 57.8 Å². The first-order valence-electron chi connectivity index (χ1n) is 7.80. The van der Waals surface area contributed by atoms with Crippen molar-refractivity contribution in [3.05, 3.63) is 0 Å². The number of hydrogen-bond donors (Lipinski definition) is 0. The van der Waals surface area contributed by atoms with Gasteiger partial charge in [-0.1, -0.05) is 0 Å². The zero-order valence-corrected chi connectivity index (χ0v) is 13.8. The van der Waals surface area contributed by atoms with Gasteiger partial charge in [-0.05, 0) is 13.3 Å². The molecule has 128 valence electrons. The van der Waals surface area contributed by atoms with Crippen molar-refractivity contribution in [3.8, 4) is 0 Å². The van der Waals surface area contributed by atoms with Crippen molar-refractivity contribution in [2.24, 2.45) is 11.3 Å². The Labute approximate surface area is 134 Å². The maximum atomic E-state index is 11.7. The summed E-state index contributed by atoms with van der Waals surface area (Å²) in [5, 5.41) is 0. The molecule has 4 fully saturated rings. The average molecular weight is 326 g/mol. The molecule has 4 bridgehead atoms. The highest BCUT2D eigenvalue weighted by Crippen LogP contribution is 2.73. The summed E-state index contributed by atoms with van der Waals surface area (Å²) in [5.41, 5.74) is -2.24. The third-order valence-corrected chi connectivity index (χ3v) is 5.73. The zero-order valence-electron chi connectivity index (χ0n) is 13.8. The molecule has 1 heterocycles. The summed E-state index contributed by atoms with van der Waals surface area (Å²) in [4.78, 5) is 34.4. The van der Waals surface area contributed by atoms with E-state index < -0.39 is 28.6 Å². The molecular formula is C16H22O7. The van der Waals surface area contributed by atoms with E-state index in [4.69, 9.17) is 18.9 Å². The van der Waals surface area contributed by atoms with Crippen molar-refractivity contribution in [2.75, 3.05) is 13.2 Å². The average Bonchev–Trinajstić information content (AvgIpc) is 2.49. The standard InChI is InChI=1S/C16H22O7/c1-9(17)20-7-15-8-21-14(4)6-13(22-10(2)18)12(15)5-16(14,15)23-11(3)19/h12-13H,5-8H2,1-4H3/t12-,13+,14-,15-,16-/m0/s1. The lowest BCUT2D eigenvalue weighted by atomic mass is 9.41. The maximum absolute atomic E-state index is 11.7. The summed E-state index contributed by atoms with van der Waals surface area (Å²) in [6, 6.07) is 0. The van der Waals surface area contributed by atoms with Crippen LogP contribution in [-0.4, -0.2) is 48.4 Å². The van der Waals surface area contributed by atoms with E-state index in [1.54, 1.807) is 0 Å². The summed E-state index contributed by atoms with van der Waals surface area (Å²) in [5.74, 6) is -1.20. The van der Waals surface area contributed by atoms with Crippen LogP contribution in [0.3, 0.4) is 0 Å². The second-order valence-corrected chi connectivity index (χ2v) is 7.04. The van der Waals surface area contributed by atoms with Crippen LogP contribution < -0.4 is 0 Å². The molecule has 1 saturated heterocycles. The van der Waals surface area contributed by atoms with Gasteiger partial charge in [0.2, 0.25) is 0 Å². The van der Waals surface area contributed by atoms with Crippen molar-refractivity contribution in [1.82, 2.24) is 0 Å². The molecule has 4 rings (SSSR count). The van der Waals surface area contributed by atoms with Crippen LogP contribution in [0.2, 0.25) is 0 Å². The Kier molecular flexibility index (Phi) is 3.48. The Hall–Kier alpha value is -1.63. The lowest BCUT2D eigenvalue weighted by Crippen LogP contribution is -2.79. The number of ether oxygens (including phenoxy) is 4. The molecule has 7 nitrogen and oxygen atoms in total. The minimum Gasteiger partial charge on any atom is -0.465 e. The highest BCUT2D eigenvalue weighted by atomic mass is 16.6. The Morgan fingerprint density at radius 3 is 2.35 bits per heavy atom. The van der Waals surface area contributed by atoms with E-state index in [2.05, 4.69) is 0 Å². The van der Waals surface area contributed by atoms with Crippen molar-refractivity contribution in [1.29, 1.82) is 0 Å². The van der Waals surface area contributed by atoms with Crippen LogP contribution in [0.5, 0.6) is 0 Å². The third-order valence-electron chi connectivity index (χ3n) is 5.73. The maximum Gasteiger partial charge on any atom is 0.303 e. The molecule has 0 aromatic rings. The Balaban J connectivity index is 1.97.